The first kappa shape index (κ1) is 15.2. The third-order valence-corrected chi connectivity index (χ3v) is 5.87. The molecule has 0 heterocycles. The molecule has 2 rings (SSSR count). The van der Waals surface area contributed by atoms with Crippen LogP contribution >= 0.6 is 11.8 Å². The topological polar surface area (TPSA) is 49.3 Å². The molecular formula is C15H27NO2S. The van der Waals surface area contributed by atoms with E-state index in [1.165, 1.54) is 32.1 Å². The van der Waals surface area contributed by atoms with Crippen molar-refractivity contribution in [2.45, 2.75) is 75.6 Å². The van der Waals surface area contributed by atoms with Gasteiger partial charge in [0.1, 0.15) is 5.54 Å². The second-order valence-electron chi connectivity index (χ2n) is 6.42. The highest BCUT2D eigenvalue weighted by Gasteiger charge is 2.51. The van der Waals surface area contributed by atoms with Crippen molar-refractivity contribution in [3.8, 4) is 0 Å². The fourth-order valence-corrected chi connectivity index (χ4v) is 4.76. The number of thioether (sulfide) groups is 1. The third-order valence-electron chi connectivity index (χ3n) is 4.30. The lowest BCUT2D eigenvalue weighted by molar-refractivity contribution is -0.145. The van der Waals surface area contributed by atoms with Gasteiger partial charge in [0.15, 0.2) is 0 Å². The van der Waals surface area contributed by atoms with E-state index in [-0.39, 0.29) is 6.04 Å². The van der Waals surface area contributed by atoms with Gasteiger partial charge in [-0.05, 0) is 45.4 Å². The van der Waals surface area contributed by atoms with E-state index >= 15 is 0 Å². The van der Waals surface area contributed by atoms with Gasteiger partial charge in [-0.1, -0.05) is 19.3 Å². The maximum atomic E-state index is 11.8. The molecule has 0 aromatic heterocycles. The predicted octanol–water partition coefficient (Wildman–Crippen LogP) is 3.28. The van der Waals surface area contributed by atoms with Crippen LogP contribution in [-0.4, -0.2) is 33.7 Å². The number of rotatable bonds is 7. The average Bonchev–Trinajstić information content (AvgIpc) is 3.19. The highest BCUT2D eigenvalue weighted by atomic mass is 32.2. The highest BCUT2D eigenvalue weighted by molar-refractivity contribution is 8.00. The van der Waals surface area contributed by atoms with E-state index in [0.29, 0.717) is 11.2 Å². The van der Waals surface area contributed by atoms with E-state index in [1.54, 1.807) is 0 Å². The van der Waals surface area contributed by atoms with Gasteiger partial charge >= 0.3 is 5.97 Å². The smallest absolute Gasteiger partial charge is 0.325 e. The summed E-state index contributed by atoms with van der Waals surface area (Å²) in [5.74, 6) is 0.422. The van der Waals surface area contributed by atoms with Crippen LogP contribution in [0, 0.1) is 5.92 Å². The Labute approximate surface area is 120 Å². The molecule has 0 amide bonds. The summed E-state index contributed by atoms with van der Waals surface area (Å²) >= 11 is 1.90. The van der Waals surface area contributed by atoms with Gasteiger partial charge in [-0.3, -0.25) is 10.1 Å². The van der Waals surface area contributed by atoms with Crippen LogP contribution in [0.2, 0.25) is 0 Å². The fraction of sp³-hybridized carbons (Fsp3) is 0.933. The lowest BCUT2D eigenvalue weighted by Gasteiger charge is -2.34. The van der Waals surface area contributed by atoms with Gasteiger partial charge < -0.3 is 5.11 Å². The van der Waals surface area contributed by atoms with Crippen molar-refractivity contribution in [3.63, 3.8) is 0 Å². The number of hydrogen-bond donors (Lipinski definition) is 2. The summed E-state index contributed by atoms with van der Waals surface area (Å²) in [6, 6.07) is 0.226. The Morgan fingerprint density at radius 3 is 2.37 bits per heavy atom. The Bertz CT molecular complexity index is 311. The lowest BCUT2D eigenvalue weighted by atomic mass is 9.94. The lowest BCUT2D eigenvalue weighted by Crippen LogP contribution is -2.58. The molecule has 0 bridgehead atoms. The van der Waals surface area contributed by atoms with Crippen molar-refractivity contribution in [2.75, 3.05) is 5.75 Å². The molecule has 2 N–H and O–H groups in total. The van der Waals surface area contributed by atoms with Gasteiger partial charge in [0.25, 0.3) is 0 Å². The van der Waals surface area contributed by atoms with Crippen molar-refractivity contribution >= 4 is 17.7 Å². The molecule has 0 saturated heterocycles. The van der Waals surface area contributed by atoms with Crippen LogP contribution in [0.15, 0.2) is 0 Å². The van der Waals surface area contributed by atoms with Gasteiger partial charge in [0.2, 0.25) is 0 Å². The highest BCUT2D eigenvalue weighted by Crippen LogP contribution is 2.43. The fourth-order valence-electron chi connectivity index (χ4n) is 3.15. The molecule has 110 valence electrons. The van der Waals surface area contributed by atoms with E-state index in [2.05, 4.69) is 5.32 Å². The van der Waals surface area contributed by atoms with Crippen molar-refractivity contribution in [2.24, 2.45) is 5.92 Å². The molecule has 4 heteroatoms. The van der Waals surface area contributed by atoms with Crippen LogP contribution in [0.25, 0.3) is 0 Å². The van der Waals surface area contributed by atoms with Crippen molar-refractivity contribution < 1.29 is 9.90 Å². The summed E-state index contributed by atoms with van der Waals surface area (Å²) in [5.41, 5.74) is -0.684. The van der Waals surface area contributed by atoms with E-state index < -0.39 is 11.5 Å². The van der Waals surface area contributed by atoms with Gasteiger partial charge in [-0.25, -0.2) is 0 Å². The number of hydrogen-bond acceptors (Lipinski definition) is 3. The molecule has 1 unspecified atom stereocenters. The molecule has 2 fully saturated rings. The minimum absolute atomic E-state index is 0.226. The van der Waals surface area contributed by atoms with E-state index in [0.717, 1.165) is 18.6 Å². The molecule has 0 aromatic rings. The van der Waals surface area contributed by atoms with Gasteiger partial charge in [0, 0.05) is 17.0 Å². The maximum Gasteiger partial charge on any atom is 0.325 e. The SMILES string of the molecule is CC(C)NC(CSC1CCCCC1)(C(=O)O)C1CC1. The van der Waals surface area contributed by atoms with Crippen molar-refractivity contribution in [3.05, 3.63) is 0 Å². The van der Waals surface area contributed by atoms with Gasteiger partial charge in [-0.15, -0.1) is 0 Å². The van der Waals surface area contributed by atoms with E-state index in [9.17, 15) is 9.90 Å². The molecule has 3 nitrogen and oxygen atoms in total. The van der Waals surface area contributed by atoms with Gasteiger partial charge in [0.05, 0.1) is 0 Å². The standard InChI is InChI=1S/C15H27NO2S/c1-11(2)16-15(14(17)18,12-8-9-12)10-19-13-6-4-3-5-7-13/h11-13,16H,3-10H2,1-2H3,(H,17,18). The number of nitrogens with one attached hydrogen (secondary N) is 1. The van der Waals surface area contributed by atoms with Crippen LogP contribution in [0.1, 0.15) is 58.8 Å². The van der Waals surface area contributed by atoms with Crippen LogP contribution in [0.3, 0.4) is 0 Å². The monoisotopic (exact) mass is 285 g/mol. The van der Waals surface area contributed by atoms with Crippen LogP contribution in [-0.2, 0) is 4.79 Å². The van der Waals surface area contributed by atoms with Crippen molar-refractivity contribution in [1.82, 2.24) is 5.32 Å². The van der Waals surface area contributed by atoms with Crippen LogP contribution in [0.4, 0.5) is 0 Å². The molecule has 0 aromatic carbocycles. The molecule has 0 spiro atoms. The number of carboxylic acids is 1. The number of carbonyl (C=O) groups is 1. The van der Waals surface area contributed by atoms with Crippen LogP contribution in [0.5, 0.6) is 0 Å². The van der Waals surface area contributed by atoms with Gasteiger partial charge in [-0.2, -0.15) is 11.8 Å². The Hall–Kier alpha value is -0.220. The summed E-state index contributed by atoms with van der Waals surface area (Å²) < 4.78 is 0. The first-order valence-corrected chi connectivity index (χ1v) is 8.72. The third kappa shape index (κ3) is 3.88. The maximum absolute atomic E-state index is 11.8. The first-order valence-electron chi connectivity index (χ1n) is 7.67. The van der Waals surface area contributed by atoms with Crippen LogP contribution < -0.4 is 5.32 Å². The second-order valence-corrected chi connectivity index (χ2v) is 7.71. The molecular weight excluding hydrogens is 258 g/mol. The quantitative estimate of drug-likeness (QED) is 0.753. The molecule has 2 aliphatic carbocycles. The molecule has 2 saturated carbocycles. The predicted molar refractivity (Wildman–Crippen MR) is 80.7 cm³/mol. The summed E-state index contributed by atoms with van der Waals surface area (Å²) in [5, 5.41) is 13.8. The van der Waals surface area contributed by atoms with E-state index in [1.807, 2.05) is 25.6 Å². The summed E-state index contributed by atoms with van der Waals surface area (Å²) in [4.78, 5) is 11.8. The van der Waals surface area contributed by atoms with E-state index in [4.69, 9.17) is 0 Å². The normalized spacial score (nSPS) is 24.4. The Kier molecular flexibility index (Phi) is 5.18. The molecule has 2 aliphatic rings. The Morgan fingerprint density at radius 2 is 1.89 bits per heavy atom. The molecule has 1 atom stereocenters. The molecule has 0 aliphatic heterocycles. The Balaban J connectivity index is 1.97. The minimum atomic E-state index is -0.684. The number of carboxylic acid groups (broad SMARTS) is 1. The largest absolute Gasteiger partial charge is 0.480 e. The van der Waals surface area contributed by atoms with Crippen molar-refractivity contribution in [1.29, 1.82) is 0 Å². The summed E-state index contributed by atoms with van der Waals surface area (Å²) in [7, 11) is 0. The molecule has 19 heavy (non-hydrogen) atoms. The zero-order chi connectivity index (χ0) is 13.9. The summed E-state index contributed by atoms with van der Waals surface area (Å²) in [6.07, 6.45) is 8.67. The molecule has 0 radical (unpaired) electrons. The average molecular weight is 285 g/mol. The zero-order valence-electron chi connectivity index (χ0n) is 12.2. The minimum Gasteiger partial charge on any atom is -0.480 e. The first-order chi connectivity index (χ1) is 9.04. The Morgan fingerprint density at radius 1 is 1.26 bits per heavy atom. The second kappa shape index (κ2) is 6.49. The summed E-state index contributed by atoms with van der Waals surface area (Å²) in [6.45, 7) is 4.09. The number of aliphatic carboxylic acids is 1. The zero-order valence-corrected chi connectivity index (χ0v) is 13.0.